The van der Waals surface area contributed by atoms with Crippen LogP contribution in [0.1, 0.15) is 24.2 Å². The van der Waals surface area contributed by atoms with E-state index in [1.54, 1.807) is 19.1 Å². The van der Waals surface area contributed by atoms with Crippen molar-refractivity contribution in [2.24, 2.45) is 0 Å². The summed E-state index contributed by atoms with van der Waals surface area (Å²) in [6.45, 7) is 2.87. The van der Waals surface area contributed by atoms with Crippen LogP contribution in [0, 0.1) is 6.92 Å². The number of hydrogen-bond donors (Lipinski definition) is 5. The molecule has 1 saturated heterocycles. The van der Waals surface area contributed by atoms with Crippen molar-refractivity contribution in [3.05, 3.63) is 29.3 Å². The Morgan fingerprint density at radius 3 is 2.45 bits per heavy atom. The van der Waals surface area contributed by atoms with Crippen LogP contribution in [-0.4, -0.2) is 62.8 Å². The van der Waals surface area contributed by atoms with Gasteiger partial charge in [0.15, 0.2) is 0 Å². The van der Waals surface area contributed by atoms with Crippen molar-refractivity contribution in [2.45, 2.75) is 50.7 Å². The van der Waals surface area contributed by atoms with Crippen molar-refractivity contribution in [1.82, 2.24) is 0 Å². The van der Waals surface area contributed by atoms with E-state index in [2.05, 4.69) is 0 Å². The lowest BCUT2D eigenvalue weighted by Gasteiger charge is -2.39. The van der Waals surface area contributed by atoms with Gasteiger partial charge in [0, 0.05) is 5.56 Å². The van der Waals surface area contributed by atoms with E-state index in [0.717, 1.165) is 5.56 Å². The molecule has 22 heavy (non-hydrogen) atoms. The lowest BCUT2D eigenvalue weighted by molar-refractivity contribution is -0.277. The third kappa shape index (κ3) is 3.24. The molecular formula is C15H22O7. The van der Waals surface area contributed by atoms with Crippen LogP contribution < -0.4 is 4.74 Å². The van der Waals surface area contributed by atoms with Crippen LogP contribution in [0.25, 0.3) is 0 Å². The highest BCUT2D eigenvalue weighted by Crippen LogP contribution is 2.31. The molecule has 124 valence electrons. The van der Waals surface area contributed by atoms with Gasteiger partial charge in [-0.3, -0.25) is 0 Å². The van der Waals surface area contributed by atoms with Crippen molar-refractivity contribution in [1.29, 1.82) is 0 Å². The Morgan fingerprint density at radius 1 is 1.18 bits per heavy atom. The Hall–Kier alpha value is -1.22. The normalized spacial score (nSPS) is 33.5. The standard InChI is InChI=1S/C15H22O7/c1-7-4-3-5-9(11(7)8(2)17)21-15-14(20)13(19)12(18)10(6-16)22-15/h3-5,8,10,12-20H,6H2,1-2H3/t8-,10+,12+,13-,14+,15+/m0/s1. The summed E-state index contributed by atoms with van der Waals surface area (Å²) in [7, 11) is 0. The second-order valence-corrected chi connectivity index (χ2v) is 5.48. The summed E-state index contributed by atoms with van der Waals surface area (Å²) in [4.78, 5) is 0. The van der Waals surface area contributed by atoms with E-state index in [1.165, 1.54) is 0 Å². The molecule has 7 nitrogen and oxygen atoms in total. The number of hydrogen-bond acceptors (Lipinski definition) is 7. The molecular weight excluding hydrogens is 292 g/mol. The zero-order chi connectivity index (χ0) is 16.4. The zero-order valence-electron chi connectivity index (χ0n) is 12.5. The molecule has 1 heterocycles. The van der Waals surface area contributed by atoms with Gasteiger partial charge in [-0.2, -0.15) is 0 Å². The minimum atomic E-state index is -1.50. The summed E-state index contributed by atoms with van der Waals surface area (Å²) in [5, 5.41) is 48.5. The molecule has 0 bridgehead atoms. The zero-order valence-corrected chi connectivity index (χ0v) is 12.5. The van der Waals surface area contributed by atoms with Crippen molar-refractivity contribution in [3.63, 3.8) is 0 Å². The highest BCUT2D eigenvalue weighted by atomic mass is 16.7. The fraction of sp³-hybridized carbons (Fsp3) is 0.600. The molecule has 1 aliphatic rings. The third-order valence-corrected chi connectivity index (χ3v) is 3.79. The lowest BCUT2D eigenvalue weighted by atomic mass is 9.99. The maximum Gasteiger partial charge on any atom is 0.229 e. The predicted molar refractivity (Wildman–Crippen MR) is 76.2 cm³/mol. The van der Waals surface area contributed by atoms with Gasteiger partial charge in [0.25, 0.3) is 0 Å². The Bertz CT molecular complexity index is 503. The average Bonchev–Trinajstić information content (AvgIpc) is 2.47. The predicted octanol–water partition coefficient (Wildman–Crippen LogP) is -0.773. The molecule has 1 fully saturated rings. The maximum absolute atomic E-state index is 9.98. The molecule has 5 N–H and O–H groups in total. The van der Waals surface area contributed by atoms with Gasteiger partial charge < -0.3 is 35.0 Å². The molecule has 2 rings (SSSR count). The van der Waals surface area contributed by atoms with Gasteiger partial charge in [0.05, 0.1) is 12.7 Å². The molecule has 1 aromatic carbocycles. The molecule has 0 aliphatic carbocycles. The van der Waals surface area contributed by atoms with Crippen LogP contribution in [0.2, 0.25) is 0 Å². The number of aryl methyl sites for hydroxylation is 1. The van der Waals surface area contributed by atoms with E-state index in [9.17, 15) is 20.4 Å². The fourth-order valence-electron chi connectivity index (χ4n) is 2.58. The van der Waals surface area contributed by atoms with E-state index in [-0.39, 0.29) is 0 Å². The lowest BCUT2D eigenvalue weighted by Crippen LogP contribution is -2.60. The van der Waals surface area contributed by atoms with Crippen molar-refractivity contribution in [2.75, 3.05) is 6.61 Å². The number of ether oxygens (including phenoxy) is 2. The van der Waals surface area contributed by atoms with Crippen LogP contribution >= 0.6 is 0 Å². The summed E-state index contributed by atoms with van der Waals surface area (Å²) in [6.07, 6.45) is -7.52. The van der Waals surface area contributed by atoms with Gasteiger partial charge in [0.2, 0.25) is 6.29 Å². The van der Waals surface area contributed by atoms with Crippen molar-refractivity contribution < 1.29 is 35.0 Å². The number of rotatable bonds is 4. The molecule has 0 saturated carbocycles. The molecule has 1 aliphatic heterocycles. The molecule has 6 atom stereocenters. The monoisotopic (exact) mass is 314 g/mol. The van der Waals surface area contributed by atoms with Crippen molar-refractivity contribution in [3.8, 4) is 5.75 Å². The van der Waals surface area contributed by atoms with E-state index in [0.29, 0.717) is 11.3 Å². The largest absolute Gasteiger partial charge is 0.462 e. The van der Waals surface area contributed by atoms with Gasteiger partial charge in [-0.25, -0.2) is 0 Å². The van der Waals surface area contributed by atoms with Crippen molar-refractivity contribution >= 4 is 0 Å². The van der Waals surface area contributed by atoms with E-state index >= 15 is 0 Å². The Labute approximate surface area is 128 Å². The Kier molecular flexibility index (Phi) is 5.38. The SMILES string of the molecule is Cc1cccc(O[C@@H]2O[C@H](CO)[C@@H](O)[C@H](O)[C@H]2O)c1[C@H](C)O. The second-order valence-electron chi connectivity index (χ2n) is 5.48. The van der Waals surface area contributed by atoms with Gasteiger partial charge in [-0.15, -0.1) is 0 Å². The van der Waals surface area contributed by atoms with Gasteiger partial charge in [0.1, 0.15) is 30.2 Å². The van der Waals surface area contributed by atoms with E-state index in [4.69, 9.17) is 14.6 Å². The third-order valence-electron chi connectivity index (χ3n) is 3.79. The number of aliphatic hydroxyl groups is 5. The molecule has 7 heteroatoms. The van der Waals surface area contributed by atoms with Crippen LogP contribution in [0.5, 0.6) is 5.75 Å². The average molecular weight is 314 g/mol. The minimum Gasteiger partial charge on any atom is -0.462 e. The first kappa shape index (κ1) is 17.1. The molecule has 0 spiro atoms. The molecule has 0 radical (unpaired) electrons. The van der Waals surface area contributed by atoms with Gasteiger partial charge in [-0.05, 0) is 25.5 Å². The summed E-state index contributed by atoms with van der Waals surface area (Å²) < 4.78 is 10.9. The second kappa shape index (κ2) is 6.91. The van der Waals surface area contributed by atoms with Crippen LogP contribution in [0.15, 0.2) is 18.2 Å². The van der Waals surface area contributed by atoms with Crippen LogP contribution in [0.4, 0.5) is 0 Å². The van der Waals surface area contributed by atoms with E-state index in [1.807, 2.05) is 13.0 Å². The summed E-state index contributed by atoms with van der Waals surface area (Å²) >= 11 is 0. The molecule has 0 unspecified atom stereocenters. The number of benzene rings is 1. The van der Waals surface area contributed by atoms with E-state index < -0.39 is 43.4 Å². The Morgan fingerprint density at radius 2 is 1.86 bits per heavy atom. The fourth-order valence-corrected chi connectivity index (χ4v) is 2.58. The highest BCUT2D eigenvalue weighted by Gasteiger charge is 2.44. The molecule has 0 amide bonds. The van der Waals surface area contributed by atoms with Crippen LogP contribution in [-0.2, 0) is 4.74 Å². The highest BCUT2D eigenvalue weighted by molar-refractivity contribution is 5.41. The smallest absolute Gasteiger partial charge is 0.229 e. The topological polar surface area (TPSA) is 120 Å². The molecule has 1 aromatic rings. The maximum atomic E-state index is 9.98. The number of aliphatic hydroxyl groups excluding tert-OH is 5. The summed E-state index contributed by atoms with van der Waals surface area (Å²) in [5.41, 5.74) is 1.34. The van der Waals surface area contributed by atoms with Crippen LogP contribution in [0.3, 0.4) is 0 Å². The first-order chi connectivity index (χ1) is 10.4. The minimum absolute atomic E-state index is 0.305. The Balaban J connectivity index is 2.25. The first-order valence-corrected chi connectivity index (χ1v) is 7.11. The van der Waals surface area contributed by atoms with Gasteiger partial charge in [-0.1, -0.05) is 12.1 Å². The molecule has 0 aromatic heterocycles. The summed E-state index contributed by atoms with van der Waals surface area (Å²) in [6, 6.07) is 5.14. The quantitative estimate of drug-likeness (QED) is 0.495. The summed E-state index contributed by atoms with van der Waals surface area (Å²) in [5.74, 6) is 0.305. The first-order valence-electron chi connectivity index (χ1n) is 7.11. The van der Waals surface area contributed by atoms with Gasteiger partial charge >= 0.3 is 0 Å².